The molecule has 0 spiro atoms. The van der Waals surface area contributed by atoms with E-state index in [1.54, 1.807) is 6.26 Å². The maximum atomic E-state index is 11.1. The third-order valence-corrected chi connectivity index (χ3v) is 3.99. The van der Waals surface area contributed by atoms with Crippen LogP contribution in [0.1, 0.15) is 12.5 Å². The highest BCUT2D eigenvalue weighted by Gasteiger charge is 2.11. The van der Waals surface area contributed by atoms with Gasteiger partial charge in [-0.3, -0.25) is 9.11 Å². The van der Waals surface area contributed by atoms with Crippen molar-refractivity contribution < 1.29 is 4.21 Å². The average molecular weight is 304 g/mol. The van der Waals surface area contributed by atoms with Crippen molar-refractivity contribution in [1.29, 1.82) is 0 Å². The SMILES string of the molecule is CC(CS(C)=O)N(C)Cc1cccc(Br)c1. The van der Waals surface area contributed by atoms with E-state index in [4.69, 9.17) is 0 Å². The molecule has 0 aliphatic heterocycles. The van der Waals surface area contributed by atoms with Crippen LogP contribution in [0.2, 0.25) is 0 Å². The van der Waals surface area contributed by atoms with Crippen molar-refractivity contribution in [2.75, 3.05) is 19.1 Å². The molecule has 0 bridgehead atoms. The van der Waals surface area contributed by atoms with E-state index < -0.39 is 10.8 Å². The van der Waals surface area contributed by atoms with Gasteiger partial charge in [-0.25, -0.2) is 0 Å². The van der Waals surface area contributed by atoms with Gasteiger partial charge in [0.15, 0.2) is 0 Å². The molecule has 0 heterocycles. The van der Waals surface area contributed by atoms with Crippen molar-refractivity contribution in [2.24, 2.45) is 0 Å². The Kier molecular flexibility index (Phi) is 5.66. The Hall–Kier alpha value is -0.190. The van der Waals surface area contributed by atoms with Crippen LogP contribution in [0, 0.1) is 0 Å². The molecule has 4 heteroatoms. The molecule has 1 aromatic rings. The van der Waals surface area contributed by atoms with Crippen LogP contribution >= 0.6 is 15.9 Å². The van der Waals surface area contributed by atoms with Crippen LogP contribution in [-0.2, 0) is 17.3 Å². The van der Waals surface area contributed by atoms with E-state index in [1.807, 2.05) is 12.1 Å². The van der Waals surface area contributed by atoms with Crippen LogP contribution in [0.3, 0.4) is 0 Å². The summed E-state index contributed by atoms with van der Waals surface area (Å²) in [4.78, 5) is 2.23. The lowest BCUT2D eigenvalue weighted by Gasteiger charge is -2.23. The maximum absolute atomic E-state index is 11.1. The minimum Gasteiger partial charge on any atom is -0.299 e. The second-order valence-corrected chi connectivity index (χ2v) is 6.53. The van der Waals surface area contributed by atoms with Crippen molar-refractivity contribution in [3.05, 3.63) is 34.3 Å². The monoisotopic (exact) mass is 303 g/mol. The summed E-state index contributed by atoms with van der Waals surface area (Å²) in [6.45, 7) is 3.00. The quantitative estimate of drug-likeness (QED) is 0.833. The highest BCUT2D eigenvalue weighted by Crippen LogP contribution is 2.14. The van der Waals surface area contributed by atoms with Crippen LogP contribution in [-0.4, -0.2) is 34.2 Å². The minimum atomic E-state index is -0.730. The zero-order valence-electron chi connectivity index (χ0n) is 9.94. The first kappa shape index (κ1) is 13.9. The van der Waals surface area contributed by atoms with E-state index in [2.05, 4.69) is 46.9 Å². The maximum Gasteiger partial charge on any atom is 0.0385 e. The molecule has 1 rings (SSSR count). The highest BCUT2D eigenvalue weighted by molar-refractivity contribution is 9.10. The molecule has 0 saturated heterocycles. The zero-order valence-corrected chi connectivity index (χ0v) is 12.3. The van der Waals surface area contributed by atoms with E-state index in [9.17, 15) is 4.21 Å². The summed E-state index contributed by atoms with van der Waals surface area (Å²) in [5.41, 5.74) is 1.27. The molecule has 0 fully saturated rings. The summed E-state index contributed by atoms with van der Waals surface area (Å²) in [6.07, 6.45) is 1.75. The van der Waals surface area contributed by atoms with Crippen molar-refractivity contribution >= 4 is 26.7 Å². The fourth-order valence-corrected chi connectivity index (χ4v) is 2.93. The molecule has 0 amide bonds. The van der Waals surface area contributed by atoms with Gasteiger partial charge >= 0.3 is 0 Å². The van der Waals surface area contributed by atoms with Crippen molar-refractivity contribution in [2.45, 2.75) is 19.5 Å². The van der Waals surface area contributed by atoms with Gasteiger partial charge < -0.3 is 0 Å². The summed E-state index contributed by atoms with van der Waals surface area (Å²) in [6, 6.07) is 8.62. The molecule has 0 radical (unpaired) electrons. The molecule has 0 aliphatic carbocycles. The molecular formula is C12H18BrNOS. The van der Waals surface area contributed by atoms with Gasteiger partial charge in [-0.05, 0) is 31.7 Å². The van der Waals surface area contributed by atoms with Crippen molar-refractivity contribution in [1.82, 2.24) is 4.90 Å². The molecule has 0 saturated carbocycles. The topological polar surface area (TPSA) is 20.3 Å². The zero-order chi connectivity index (χ0) is 12.1. The second kappa shape index (κ2) is 6.52. The van der Waals surface area contributed by atoms with Crippen molar-refractivity contribution in [3.63, 3.8) is 0 Å². The Morgan fingerprint density at radius 2 is 2.19 bits per heavy atom. The smallest absolute Gasteiger partial charge is 0.0385 e. The van der Waals surface area contributed by atoms with Gasteiger partial charge in [0.05, 0.1) is 0 Å². The predicted octanol–water partition coefficient (Wildman–Crippen LogP) is 2.65. The molecule has 0 aromatic heterocycles. The number of benzene rings is 1. The lowest BCUT2D eigenvalue weighted by atomic mass is 10.2. The molecule has 16 heavy (non-hydrogen) atoms. The number of rotatable bonds is 5. The molecule has 0 N–H and O–H groups in total. The number of hydrogen-bond acceptors (Lipinski definition) is 2. The van der Waals surface area contributed by atoms with Gasteiger partial charge in [0, 0.05) is 39.9 Å². The van der Waals surface area contributed by atoms with E-state index in [-0.39, 0.29) is 0 Å². The molecule has 90 valence electrons. The second-order valence-electron chi connectivity index (χ2n) is 4.13. The van der Waals surface area contributed by atoms with Gasteiger partial charge in [0.25, 0.3) is 0 Å². The Balaban J connectivity index is 2.56. The lowest BCUT2D eigenvalue weighted by Crippen LogP contribution is -2.32. The van der Waals surface area contributed by atoms with Gasteiger partial charge in [0.2, 0.25) is 0 Å². The summed E-state index contributed by atoms with van der Waals surface area (Å²) < 4.78 is 12.2. The van der Waals surface area contributed by atoms with Crippen molar-refractivity contribution in [3.8, 4) is 0 Å². The van der Waals surface area contributed by atoms with Crippen LogP contribution in [0.4, 0.5) is 0 Å². The lowest BCUT2D eigenvalue weighted by molar-refractivity contribution is 0.268. The Morgan fingerprint density at radius 3 is 2.75 bits per heavy atom. The van der Waals surface area contributed by atoms with Gasteiger partial charge in [0.1, 0.15) is 0 Å². The van der Waals surface area contributed by atoms with Gasteiger partial charge in [-0.15, -0.1) is 0 Å². The first-order valence-corrected chi connectivity index (χ1v) is 7.75. The van der Waals surface area contributed by atoms with Crippen LogP contribution in [0.15, 0.2) is 28.7 Å². The largest absolute Gasteiger partial charge is 0.299 e. The summed E-state index contributed by atoms with van der Waals surface area (Å²) in [5, 5.41) is 0. The average Bonchev–Trinajstić information content (AvgIpc) is 2.16. The van der Waals surface area contributed by atoms with Crippen LogP contribution in [0.25, 0.3) is 0 Å². The fraction of sp³-hybridized carbons (Fsp3) is 0.500. The fourth-order valence-electron chi connectivity index (χ4n) is 1.55. The Bertz CT molecular complexity index is 370. The Morgan fingerprint density at radius 1 is 1.50 bits per heavy atom. The summed E-state index contributed by atoms with van der Waals surface area (Å²) >= 11 is 3.46. The standard InChI is InChI=1S/C12H18BrNOS/c1-10(9-16(3)15)14(2)8-11-5-4-6-12(13)7-11/h4-7,10H,8-9H2,1-3H3. The predicted molar refractivity (Wildman–Crippen MR) is 74.0 cm³/mol. The molecule has 2 unspecified atom stereocenters. The Labute approximate surface area is 109 Å². The highest BCUT2D eigenvalue weighted by atomic mass is 79.9. The molecule has 1 aromatic carbocycles. The van der Waals surface area contributed by atoms with Gasteiger partial charge in [-0.1, -0.05) is 28.1 Å². The third kappa shape index (κ3) is 4.76. The minimum absolute atomic E-state index is 0.338. The van der Waals surface area contributed by atoms with Crippen LogP contribution < -0.4 is 0 Å². The molecule has 0 aliphatic rings. The van der Waals surface area contributed by atoms with E-state index >= 15 is 0 Å². The van der Waals surface area contributed by atoms with E-state index in [1.165, 1.54) is 5.56 Å². The summed E-state index contributed by atoms with van der Waals surface area (Å²) in [7, 11) is 1.34. The normalized spacial score (nSPS) is 15.1. The molecular weight excluding hydrogens is 286 g/mol. The van der Waals surface area contributed by atoms with Crippen LogP contribution in [0.5, 0.6) is 0 Å². The first-order chi connectivity index (χ1) is 7.49. The number of nitrogens with zero attached hydrogens (tertiary/aromatic N) is 1. The number of hydrogen-bond donors (Lipinski definition) is 0. The summed E-state index contributed by atoms with van der Waals surface area (Å²) in [5.74, 6) is 0.727. The third-order valence-electron chi connectivity index (χ3n) is 2.55. The van der Waals surface area contributed by atoms with Gasteiger partial charge in [-0.2, -0.15) is 0 Å². The van der Waals surface area contributed by atoms with E-state index in [0.29, 0.717) is 6.04 Å². The first-order valence-electron chi connectivity index (χ1n) is 5.23. The number of halogens is 1. The van der Waals surface area contributed by atoms with E-state index in [0.717, 1.165) is 16.8 Å². The molecule has 2 nitrogen and oxygen atoms in total. The molecule has 2 atom stereocenters.